The molecule has 0 aromatic rings. The Morgan fingerprint density at radius 3 is 2.38 bits per heavy atom. The van der Waals surface area contributed by atoms with Gasteiger partial charge in [-0.25, -0.2) is 0 Å². The standard InChI is InChI=1S/C12H26N2O2/c1-6-8-14(10(3)4)9-11(13-7-2)12(15)16-5/h10-11,13H,6-9H2,1-5H3. The Bertz CT molecular complexity index is 195. The third kappa shape index (κ3) is 5.47. The zero-order valence-corrected chi connectivity index (χ0v) is 11.2. The molecule has 96 valence electrons. The molecule has 0 spiro atoms. The van der Waals surface area contributed by atoms with Crippen molar-refractivity contribution < 1.29 is 9.53 Å². The number of hydrogen-bond acceptors (Lipinski definition) is 4. The highest BCUT2D eigenvalue weighted by atomic mass is 16.5. The van der Waals surface area contributed by atoms with E-state index in [4.69, 9.17) is 4.74 Å². The molecule has 4 heteroatoms. The topological polar surface area (TPSA) is 41.6 Å². The van der Waals surface area contributed by atoms with Crippen molar-refractivity contribution in [3.63, 3.8) is 0 Å². The van der Waals surface area contributed by atoms with Crippen LogP contribution in [0.3, 0.4) is 0 Å². The number of ether oxygens (including phenoxy) is 1. The molecule has 0 heterocycles. The van der Waals surface area contributed by atoms with Gasteiger partial charge in [0.05, 0.1) is 7.11 Å². The Balaban J connectivity index is 4.37. The molecule has 0 radical (unpaired) electrons. The number of nitrogens with one attached hydrogen (secondary N) is 1. The molecular weight excluding hydrogens is 204 g/mol. The fourth-order valence-corrected chi connectivity index (χ4v) is 1.69. The quantitative estimate of drug-likeness (QED) is 0.637. The average molecular weight is 230 g/mol. The predicted octanol–water partition coefficient (Wildman–Crippen LogP) is 1.26. The summed E-state index contributed by atoms with van der Waals surface area (Å²) in [6, 6.07) is 0.231. The highest BCUT2D eigenvalue weighted by Crippen LogP contribution is 2.02. The Hall–Kier alpha value is -0.610. The minimum atomic E-state index is -0.219. The van der Waals surface area contributed by atoms with Crippen molar-refractivity contribution in [2.75, 3.05) is 26.7 Å². The van der Waals surface area contributed by atoms with E-state index < -0.39 is 0 Å². The van der Waals surface area contributed by atoms with Gasteiger partial charge < -0.3 is 10.1 Å². The van der Waals surface area contributed by atoms with E-state index in [1.165, 1.54) is 7.11 Å². The van der Waals surface area contributed by atoms with E-state index in [2.05, 4.69) is 31.0 Å². The van der Waals surface area contributed by atoms with Gasteiger partial charge >= 0.3 is 5.97 Å². The Morgan fingerprint density at radius 1 is 1.38 bits per heavy atom. The van der Waals surface area contributed by atoms with Crippen LogP contribution in [0.2, 0.25) is 0 Å². The van der Waals surface area contributed by atoms with Crippen molar-refractivity contribution in [3.05, 3.63) is 0 Å². The van der Waals surface area contributed by atoms with E-state index in [1.807, 2.05) is 6.92 Å². The summed E-state index contributed by atoms with van der Waals surface area (Å²) < 4.78 is 4.80. The van der Waals surface area contributed by atoms with Gasteiger partial charge in [0.25, 0.3) is 0 Å². The lowest BCUT2D eigenvalue weighted by atomic mass is 10.2. The number of carbonyl (C=O) groups excluding carboxylic acids is 1. The van der Waals surface area contributed by atoms with Crippen LogP contribution in [0.5, 0.6) is 0 Å². The number of carbonyl (C=O) groups is 1. The van der Waals surface area contributed by atoms with Crippen molar-refractivity contribution in [1.82, 2.24) is 10.2 Å². The van der Waals surface area contributed by atoms with Crippen LogP contribution in [0.25, 0.3) is 0 Å². The van der Waals surface area contributed by atoms with Gasteiger partial charge in [0.15, 0.2) is 0 Å². The first-order chi connectivity index (χ1) is 7.56. The zero-order valence-electron chi connectivity index (χ0n) is 11.2. The van der Waals surface area contributed by atoms with Crippen LogP contribution in [-0.4, -0.2) is 49.7 Å². The summed E-state index contributed by atoms with van der Waals surface area (Å²) in [5, 5.41) is 3.16. The predicted molar refractivity (Wildman–Crippen MR) is 66.5 cm³/mol. The van der Waals surface area contributed by atoms with Crippen LogP contribution in [0.1, 0.15) is 34.1 Å². The second-order valence-corrected chi connectivity index (χ2v) is 4.22. The Labute approximate surface area is 99.3 Å². The summed E-state index contributed by atoms with van der Waals surface area (Å²) in [5.74, 6) is -0.177. The maximum Gasteiger partial charge on any atom is 0.324 e. The van der Waals surface area contributed by atoms with Crippen LogP contribution in [-0.2, 0) is 9.53 Å². The van der Waals surface area contributed by atoms with Crippen molar-refractivity contribution >= 4 is 5.97 Å². The Kier molecular flexibility index (Phi) is 8.21. The highest BCUT2D eigenvalue weighted by molar-refractivity contribution is 5.75. The van der Waals surface area contributed by atoms with Gasteiger partial charge in [-0.05, 0) is 33.4 Å². The number of methoxy groups -OCH3 is 1. The van der Waals surface area contributed by atoms with Gasteiger partial charge in [-0.2, -0.15) is 0 Å². The lowest BCUT2D eigenvalue weighted by molar-refractivity contribution is -0.143. The normalized spacial score (nSPS) is 13.2. The van der Waals surface area contributed by atoms with Crippen molar-refractivity contribution in [3.8, 4) is 0 Å². The second-order valence-electron chi connectivity index (χ2n) is 4.22. The number of rotatable bonds is 8. The molecule has 0 fully saturated rings. The molecule has 0 aromatic heterocycles. The Morgan fingerprint density at radius 2 is 2.00 bits per heavy atom. The molecule has 1 atom stereocenters. The van der Waals surface area contributed by atoms with E-state index >= 15 is 0 Å². The number of hydrogen-bond donors (Lipinski definition) is 1. The average Bonchev–Trinajstić information content (AvgIpc) is 2.26. The largest absolute Gasteiger partial charge is 0.468 e. The van der Waals surface area contributed by atoms with Crippen LogP contribution in [0.4, 0.5) is 0 Å². The minimum Gasteiger partial charge on any atom is -0.468 e. The van der Waals surface area contributed by atoms with Gasteiger partial charge in [-0.3, -0.25) is 9.69 Å². The van der Waals surface area contributed by atoms with E-state index in [9.17, 15) is 4.79 Å². The van der Waals surface area contributed by atoms with Crippen LogP contribution in [0, 0.1) is 0 Å². The third-order valence-corrected chi connectivity index (χ3v) is 2.59. The van der Waals surface area contributed by atoms with Gasteiger partial charge in [0.1, 0.15) is 6.04 Å². The van der Waals surface area contributed by atoms with Crippen molar-refractivity contribution in [1.29, 1.82) is 0 Å². The van der Waals surface area contributed by atoms with E-state index in [-0.39, 0.29) is 12.0 Å². The molecular formula is C12H26N2O2. The summed E-state index contributed by atoms with van der Waals surface area (Å²) in [4.78, 5) is 13.8. The molecule has 0 saturated carbocycles. The van der Waals surface area contributed by atoms with E-state index in [1.54, 1.807) is 0 Å². The third-order valence-electron chi connectivity index (χ3n) is 2.59. The molecule has 0 rings (SSSR count). The molecule has 0 aliphatic heterocycles. The maximum absolute atomic E-state index is 11.6. The molecule has 0 aliphatic carbocycles. The van der Waals surface area contributed by atoms with Crippen molar-refractivity contribution in [2.45, 2.75) is 46.2 Å². The summed E-state index contributed by atoms with van der Waals surface area (Å²) in [5.41, 5.74) is 0. The molecule has 16 heavy (non-hydrogen) atoms. The smallest absolute Gasteiger partial charge is 0.324 e. The summed E-state index contributed by atoms with van der Waals surface area (Å²) in [7, 11) is 1.44. The number of likely N-dealkylation sites (N-methyl/N-ethyl adjacent to an activating group) is 1. The molecule has 1 N–H and O–H groups in total. The molecule has 0 aliphatic rings. The van der Waals surface area contributed by atoms with Crippen molar-refractivity contribution in [2.24, 2.45) is 0 Å². The zero-order chi connectivity index (χ0) is 12.6. The monoisotopic (exact) mass is 230 g/mol. The molecule has 0 bridgehead atoms. The molecule has 1 unspecified atom stereocenters. The van der Waals surface area contributed by atoms with Gasteiger partial charge in [0, 0.05) is 12.6 Å². The fraction of sp³-hybridized carbons (Fsp3) is 0.917. The van der Waals surface area contributed by atoms with Gasteiger partial charge in [0.2, 0.25) is 0 Å². The SMILES string of the molecule is CCCN(CC(NCC)C(=O)OC)C(C)C. The summed E-state index contributed by atoms with van der Waals surface area (Å²) >= 11 is 0. The van der Waals surface area contributed by atoms with Crippen LogP contribution < -0.4 is 5.32 Å². The first-order valence-corrected chi connectivity index (χ1v) is 6.12. The van der Waals surface area contributed by atoms with Gasteiger partial charge in [-0.15, -0.1) is 0 Å². The van der Waals surface area contributed by atoms with Gasteiger partial charge in [-0.1, -0.05) is 13.8 Å². The second kappa shape index (κ2) is 8.53. The fourth-order valence-electron chi connectivity index (χ4n) is 1.69. The number of nitrogens with zero attached hydrogens (tertiary/aromatic N) is 1. The lowest BCUT2D eigenvalue weighted by Gasteiger charge is -2.29. The molecule has 0 amide bonds. The molecule has 0 aromatic carbocycles. The van der Waals surface area contributed by atoms with Crippen LogP contribution in [0.15, 0.2) is 0 Å². The maximum atomic E-state index is 11.6. The molecule has 0 saturated heterocycles. The van der Waals surface area contributed by atoms with E-state index in [0.29, 0.717) is 12.6 Å². The first-order valence-electron chi connectivity index (χ1n) is 6.12. The minimum absolute atomic E-state index is 0.177. The molecule has 4 nitrogen and oxygen atoms in total. The summed E-state index contributed by atoms with van der Waals surface area (Å²) in [6.45, 7) is 10.9. The lowest BCUT2D eigenvalue weighted by Crippen LogP contribution is -2.48. The summed E-state index contributed by atoms with van der Waals surface area (Å²) in [6.07, 6.45) is 1.10. The first kappa shape index (κ1) is 15.4. The van der Waals surface area contributed by atoms with Crippen LogP contribution >= 0.6 is 0 Å². The van der Waals surface area contributed by atoms with E-state index in [0.717, 1.165) is 19.5 Å². The number of esters is 1. The highest BCUT2D eigenvalue weighted by Gasteiger charge is 2.22.